The molecule has 0 bridgehead atoms. The molecule has 0 saturated carbocycles. The van der Waals surface area contributed by atoms with E-state index >= 15 is 0 Å². The molecule has 0 spiro atoms. The minimum Gasteiger partial charge on any atom is -0.360 e. The Bertz CT molecular complexity index is 685. The summed E-state index contributed by atoms with van der Waals surface area (Å²) in [6, 6.07) is 0. The van der Waals surface area contributed by atoms with E-state index in [1.807, 2.05) is 13.8 Å². The summed E-state index contributed by atoms with van der Waals surface area (Å²) in [7, 11) is -3.80. The van der Waals surface area contributed by atoms with Gasteiger partial charge in [0.2, 0.25) is 11.1 Å². The number of anilines is 1. The van der Waals surface area contributed by atoms with E-state index in [0.717, 1.165) is 0 Å². The van der Waals surface area contributed by atoms with Crippen molar-refractivity contribution in [3.05, 3.63) is 11.5 Å². The second kappa shape index (κ2) is 5.44. The highest BCUT2D eigenvalue weighted by Crippen LogP contribution is 2.23. The van der Waals surface area contributed by atoms with E-state index < -0.39 is 10.0 Å². The lowest BCUT2D eigenvalue weighted by atomic mass is 10.4. The Morgan fingerprint density at radius 1 is 1.35 bits per heavy atom. The molecule has 2 N–H and O–H groups in total. The van der Waals surface area contributed by atoms with Gasteiger partial charge in [-0.2, -0.15) is 4.98 Å². The maximum Gasteiger partial charge on any atom is 0.269 e. The fraction of sp³-hybridized carbons (Fsp3) is 0.500. The summed E-state index contributed by atoms with van der Waals surface area (Å²) in [6.45, 7) is 7.09. The monoisotopic (exact) mass is 317 g/mol. The van der Waals surface area contributed by atoms with Gasteiger partial charge >= 0.3 is 0 Å². The van der Waals surface area contributed by atoms with Gasteiger partial charge in [-0.1, -0.05) is 30.8 Å². The second-order valence-corrected chi connectivity index (χ2v) is 7.55. The summed E-state index contributed by atoms with van der Waals surface area (Å²) >= 11 is 1.43. The van der Waals surface area contributed by atoms with Crippen molar-refractivity contribution in [3.8, 4) is 0 Å². The van der Waals surface area contributed by atoms with Crippen LogP contribution in [-0.2, 0) is 10.0 Å². The Morgan fingerprint density at radius 3 is 2.60 bits per heavy atom. The number of rotatable bonds is 5. The number of nitrogens with zero attached hydrogens (tertiary/aromatic N) is 3. The van der Waals surface area contributed by atoms with Crippen molar-refractivity contribution in [1.29, 1.82) is 0 Å². The fourth-order valence-electron chi connectivity index (χ4n) is 1.59. The number of thioether (sulfide) groups is 1. The average Bonchev–Trinajstić information content (AvgIpc) is 2.85. The summed E-state index contributed by atoms with van der Waals surface area (Å²) in [5.74, 6) is 0.291. The lowest BCUT2D eigenvalue weighted by molar-refractivity contribution is 0.390. The Morgan fingerprint density at radius 2 is 2.05 bits per heavy atom. The van der Waals surface area contributed by atoms with E-state index in [0.29, 0.717) is 16.1 Å². The molecule has 0 radical (unpaired) electrons. The zero-order valence-corrected chi connectivity index (χ0v) is 13.1. The van der Waals surface area contributed by atoms with Crippen molar-refractivity contribution in [2.24, 2.45) is 0 Å². The van der Waals surface area contributed by atoms with Crippen LogP contribution in [0, 0.1) is 13.8 Å². The maximum absolute atomic E-state index is 12.2. The molecule has 0 amide bonds. The first-order chi connectivity index (χ1) is 9.29. The van der Waals surface area contributed by atoms with Gasteiger partial charge in [0.25, 0.3) is 10.0 Å². The van der Waals surface area contributed by atoms with Gasteiger partial charge in [0.1, 0.15) is 5.69 Å². The van der Waals surface area contributed by atoms with Crippen molar-refractivity contribution in [2.45, 2.75) is 43.0 Å². The Kier molecular flexibility index (Phi) is 4.04. The molecule has 0 unspecified atom stereocenters. The third-order valence-electron chi connectivity index (χ3n) is 2.27. The van der Waals surface area contributed by atoms with Gasteiger partial charge < -0.3 is 4.52 Å². The molecule has 2 heterocycles. The van der Waals surface area contributed by atoms with Crippen LogP contribution >= 0.6 is 11.8 Å². The van der Waals surface area contributed by atoms with E-state index in [4.69, 9.17) is 4.52 Å². The highest BCUT2D eigenvalue weighted by Gasteiger charge is 2.25. The number of hydrogen-bond acceptors (Lipinski definition) is 7. The molecule has 110 valence electrons. The third kappa shape index (κ3) is 3.12. The minimum absolute atomic E-state index is 0.0203. The van der Waals surface area contributed by atoms with E-state index in [1.165, 1.54) is 18.7 Å². The van der Waals surface area contributed by atoms with Crippen LogP contribution in [0.5, 0.6) is 0 Å². The Hall–Kier alpha value is -1.55. The van der Waals surface area contributed by atoms with E-state index in [2.05, 4.69) is 25.1 Å². The predicted molar refractivity (Wildman–Crippen MR) is 74.2 cm³/mol. The van der Waals surface area contributed by atoms with Crippen molar-refractivity contribution < 1.29 is 12.9 Å². The number of aromatic amines is 1. The van der Waals surface area contributed by atoms with Gasteiger partial charge in [0, 0.05) is 5.25 Å². The lowest BCUT2D eigenvalue weighted by Crippen LogP contribution is -2.15. The smallest absolute Gasteiger partial charge is 0.269 e. The molecule has 8 nitrogen and oxygen atoms in total. The topological polar surface area (TPSA) is 114 Å². The molecule has 2 aromatic heterocycles. The Balaban J connectivity index is 2.23. The number of nitrogens with one attached hydrogen (secondary N) is 2. The number of hydrogen-bond donors (Lipinski definition) is 2. The van der Waals surface area contributed by atoms with Gasteiger partial charge in [-0.3, -0.25) is 0 Å². The van der Waals surface area contributed by atoms with E-state index in [-0.39, 0.29) is 16.6 Å². The molecule has 2 rings (SSSR count). The van der Waals surface area contributed by atoms with Gasteiger partial charge in [-0.05, 0) is 13.8 Å². The van der Waals surface area contributed by atoms with Crippen LogP contribution in [0.1, 0.15) is 25.3 Å². The van der Waals surface area contributed by atoms with E-state index in [9.17, 15) is 8.42 Å². The summed E-state index contributed by atoms with van der Waals surface area (Å²) in [5, 5.41) is 10.9. The molecule has 2 aromatic rings. The Labute approximate surface area is 120 Å². The van der Waals surface area contributed by atoms with Gasteiger partial charge in [0.15, 0.2) is 10.7 Å². The van der Waals surface area contributed by atoms with Crippen LogP contribution in [0.2, 0.25) is 0 Å². The highest BCUT2D eigenvalue weighted by molar-refractivity contribution is 7.99. The molecular formula is C10H15N5O3S2. The van der Waals surface area contributed by atoms with Crippen LogP contribution in [0.15, 0.2) is 14.6 Å². The second-order valence-electron chi connectivity index (χ2n) is 4.39. The molecular weight excluding hydrogens is 302 g/mol. The van der Waals surface area contributed by atoms with Gasteiger partial charge in [-0.25, -0.2) is 18.2 Å². The van der Waals surface area contributed by atoms with Crippen molar-refractivity contribution in [2.75, 3.05) is 4.72 Å². The molecule has 0 fully saturated rings. The van der Waals surface area contributed by atoms with Crippen molar-refractivity contribution in [1.82, 2.24) is 20.3 Å². The summed E-state index contributed by atoms with van der Waals surface area (Å²) in [6.07, 6.45) is 0. The minimum atomic E-state index is -3.80. The van der Waals surface area contributed by atoms with Crippen molar-refractivity contribution >= 4 is 27.7 Å². The first-order valence-corrected chi connectivity index (χ1v) is 8.20. The molecule has 0 aliphatic carbocycles. The fourth-order valence-corrected chi connectivity index (χ4v) is 3.55. The predicted octanol–water partition coefficient (Wildman–Crippen LogP) is 1.71. The third-order valence-corrected chi connectivity index (χ3v) is 4.72. The summed E-state index contributed by atoms with van der Waals surface area (Å²) in [4.78, 5) is 4.08. The molecule has 0 aliphatic rings. The van der Waals surface area contributed by atoms with Gasteiger partial charge in [-0.15, -0.1) is 5.10 Å². The first kappa shape index (κ1) is 14.9. The number of aromatic nitrogens is 4. The molecule has 20 heavy (non-hydrogen) atoms. The van der Waals surface area contributed by atoms with Crippen LogP contribution < -0.4 is 4.72 Å². The van der Waals surface area contributed by atoms with E-state index in [1.54, 1.807) is 6.92 Å². The molecule has 10 heteroatoms. The van der Waals surface area contributed by atoms with Gasteiger partial charge in [0.05, 0.1) is 0 Å². The molecule has 0 atom stereocenters. The quantitative estimate of drug-likeness (QED) is 0.807. The molecule has 0 saturated heterocycles. The zero-order valence-electron chi connectivity index (χ0n) is 11.5. The van der Waals surface area contributed by atoms with Crippen molar-refractivity contribution in [3.63, 3.8) is 0 Å². The van der Waals surface area contributed by atoms with Crippen LogP contribution in [0.4, 0.5) is 5.95 Å². The normalized spacial score (nSPS) is 12.1. The molecule has 0 aromatic carbocycles. The first-order valence-electron chi connectivity index (χ1n) is 5.84. The summed E-state index contributed by atoms with van der Waals surface area (Å²) < 4.78 is 31.6. The average molecular weight is 317 g/mol. The van der Waals surface area contributed by atoms with Crippen LogP contribution in [-0.4, -0.2) is 34.0 Å². The number of H-pyrrole nitrogens is 1. The standard InChI is InChI=1S/C10H15N5O3S2/c1-5(2)19-10-11-9(12-13-10)15-20(16,17)8-6(3)14-18-7(8)4/h5H,1-4H3,(H2,11,12,13,15). The van der Waals surface area contributed by atoms with Crippen LogP contribution in [0.25, 0.3) is 0 Å². The number of aryl methyl sites for hydroxylation is 2. The maximum atomic E-state index is 12.2. The molecule has 0 aliphatic heterocycles. The summed E-state index contributed by atoms with van der Waals surface area (Å²) in [5.41, 5.74) is 0.297. The zero-order chi connectivity index (χ0) is 14.9. The lowest BCUT2D eigenvalue weighted by Gasteiger charge is -2.03. The highest BCUT2D eigenvalue weighted by atomic mass is 32.2. The SMILES string of the molecule is Cc1noc(C)c1S(=O)(=O)Nc1nc(SC(C)C)n[nH]1. The largest absolute Gasteiger partial charge is 0.360 e. The van der Waals surface area contributed by atoms with Crippen LogP contribution in [0.3, 0.4) is 0 Å². The number of sulfonamides is 1.